The van der Waals surface area contributed by atoms with Crippen LogP contribution in [0, 0.1) is 0 Å². The summed E-state index contributed by atoms with van der Waals surface area (Å²) in [5.74, 6) is -0.526. The van der Waals surface area contributed by atoms with Gasteiger partial charge in [0.2, 0.25) is 17.7 Å². The number of hydrogen-bond acceptors (Lipinski definition) is 7. The molecule has 2 aliphatic heterocycles. The van der Waals surface area contributed by atoms with Crippen molar-refractivity contribution in [3.63, 3.8) is 0 Å². The van der Waals surface area contributed by atoms with Crippen molar-refractivity contribution in [2.24, 2.45) is 7.05 Å². The zero-order chi connectivity index (χ0) is 37.9. The van der Waals surface area contributed by atoms with Gasteiger partial charge in [0.1, 0.15) is 23.7 Å². The summed E-state index contributed by atoms with van der Waals surface area (Å²) in [6, 6.07) is 27.7. The molecule has 2 N–H and O–H groups in total. The highest BCUT2D eigenvalue weighted by molar-refractivity contribution is 6.09. The molecule has 7 rings (SSSR count). The smallest absolute Gasteiger partial charge is 0.246 e. The number of Topliss-reactive ketones (excluding diaryl/α,β-unsaturated/α-hetero) is 1. The lowest BCUT2D eigenvalue weighted by Gasteiger charge is -2.55. The van der Waals surface area contributed by atoms with Crippen molar-refractivity contribution >= 4 is 34.4 Å². The second-order valence-electron chi connectivity index (χ2n) is 14.0. The van der Waals surface area contributed by atoms with Crippen LogP contribution in [-0.4, -0.2) is 89.9 Å². The summed E-state index contributed by atoms with van der Waals surface area (Å²) >= 11 is 0. The molecule has 2 fully saturated rings. The largest absolute Gasteiger partial charge is 0.508 e. The summed E-state index contributed by atoms with van der Waals surface area (Å²) < 4.78 is 1.90. The van der Waals surface area contributed by atoms with E-state index in [2.05, 4.69) is 6.58 Å². The van der Waals surface area contributed by atoms with E-state index in [-0.39, 0.29) is 80.4 Å². The Hall–Kier alpha value is -6.20. The zero-order valence-electron chi connectivity index (χ0n) is 30.2. The molecule has 3 heterocycles. The van der Waals surface area contributed by atoms with Crippen molar-refractivity contribution < 1.29 is 29.4 Å². The molecular weight excluding hydrogens is 683 g/mol. The summed E-state index contributed by atoms with van der Waals surface area (Å²) in [7, 11) is 1.87. The average molecular weight is 726 g/mol. The van der Waals surface area contributed by atoms with Gasteiger partial charge in [-0.1, -0.05) is 78.9 Å². The van der Waals surface area contributed by atoms with E-state index in [1.165, 1.54) is 0 Å². The van der Waals surface area contributed by atoms with E-state index in [9.17, 15) is 29.4 Å². The van der Waals surface area contributed by atoms with Gasteiger partial charge in [-0.25, -0.2) is 10.0 Å². The molecule has 0 bridgehead atoms. The van der Waals surface area contributed by atoms with E-state index in [0.717, 1.165) is 33.2 Å². The minimum Gasteiger partial charge on any atom is -0.508 e. The van der Waals surface area contributed by atoms with E-state index >= 15 is 0 Å². The van der Waals surface area contributed by atoms with E-state index in [4.69, 9.17) is 0 Å². The minimum atomic E-state index is -0.911. The van der Waals surface area contributed by atoms with Crippen LogP contribution in [0.25, 0.3) is 10.9 Å². The molecule has 1 aromatic heterocycles. The normalized spacial score (nSPS) is 17.5. The summed E-state index contributed by atoms with van der Waals surface area (Å²) in [4.78, 5) is 59.8. The molecule has 0 aliphatic carbocycles. The van der Waals surface area contributed by atoms with Crippen LogP contribution < -0.4 is 0 Å². The maximum absolute atomic E-state index is 14.6. The lowest BCUT2D eigenvalue weighted by Crippen LogP contribution is -2.75. The van der Waals surface area contributed by atoms with Crippen LogP contribution in [0.15, 0.2) is 116 Å². The Morgan fingerprint density at radius 3 is 2.22 bits per heavy atom. The minimum absolute atomic E-state index is 0.0743. The third-order valence-electron chi connectivity index (χ3n) is 10.3. The maximum atomic E-state index is 14.6. The SMILES string of the molecule is C=CCN1CC(=O)N2C(CN(Cc3cccc4c(C(=O)Cc5ccc(O)cc5)cn(C)c34)C(=O)[C@@H]2Cc2ccc(O)cc2)N1C(=O)CCc1ccccc1. The van der Waals surface area contributed by atoms with Crippen molar-refractivity contribution in [1.29, 1.82) is 0 Å². The average Bonchev–Trinajstić information content (AvgIpc) is 3.51. The van der Waals surface area contributed by atoms with Crippen molar-refractivity contribution in [3.8, 4) is 11.5 Å². The highest BCUT2D eigenvalue weighted by Crippen LogP contribution is 2.32. The molecule has 5 aromatic rings. The van der Waals surface area contributed by atoms with Crippen LogP contribution in [-0.2, 0) is 47.2 Å². The van der Waals surface area contributed by atoms with E-state index in [0.29, 0.717) is 12.0 Å². The predicted molar refractivity (Wildman–Crippen MR) is 204 cm³/mol. The number of phenolic OH excluding ortho intramolecular Hbond substituents is 2. The van der Waals surface area contributed by atoms with Gasteiger partial charge in [0.05, 0.1) is 18.6 Å². The molecule has 276 valence electrons. The number of para-hydroxylation sites is 1. The Balaban J connectivity index is 1.23. The molecule has 2 saturated heterocycles. The number of hydrazine groups is 1. The van der Waals surface area contributed by atoms with Gasteiger partial charge < -0.3 is 24.6 Å². The van der Waals surface area contributed by atoms with Gasteiger partial charge in [-0.05, 0) is 52.9 Å². The molecule has 3 amide bonds. The Morgan fingerprint density at radius 2 is 1.54 bits per heavy atom. The molecule has 11 heteroatoms. The number of aromatic hydroxyl groups is 2. The van der Waals surface area contributed by atoms with Gasteiger partial charge in [0.25, 0.3) is 0 Å². The van der Waals surface area contributed by atoms with Crippen LogP contribution >= 0.6 is 0 Å². The first kappa shape index (κ1) is 36.2. The van der Waals surface area contributed by atoms with Crippen LogP contribution in [0.3, 0.4) is 0 Å². The number of carbonyl (C=O) groups is 4. The van der Waals surface area contributed by atoms with E-state index in [1.54, 1.807) is 74.4 Å². The summed E-state index contributed by atoms with van der Waals surface area (Å²) in [6.07, 6.45) is 3.77. The molecule has 11 nitrogen and oxygen atoms in total. The fourth-order valence-electron chi connectivity index (χ4n) is 7.77. The van der Waals surface area contributed by atoms with Crippen molar-refractivity contribution in [2.45, 2.75) is 44.4 Å². The highest BCUT2D eigenvalue weighted by Gasteiger charge is 2.51. The molecule has 2 atom stereocenters. The Morgan fingerprint density at radius 1 is 0.852 bits per heavy atom. The molecule has 2 aliphatic rings. The molecule has 0 saturated carbocycles. The number of aromatic nitrogens is 1. The Bertz CT molecular complexity index is 2200. The number of rotatable bonds is 12. The number of aryl methyl sites for hydroxylation is 2. The maximum Gasteiger partial charge on any atom is 0.246 e. The van der Waals surface area contributed by atoms with E-state index in [1.807, 2.05) is 66.3 Å². The fraction of sp³-hybridized carbons (Fsp3) is 0.256. The number of nitrogens with zero attached hydrogens (tertiary/aromatic N) is 5. The number of ketones is 1. The van der Waals surface area contributed by atoms with Gasteiger partial charge in [-0.2, -0.15) is 0 Å². The third-order valence-corrected chi connectivity index (χ3v) is 10.3. The van der Waals surface area contributed by atoms with Crippen LogP contribution in [0.1, 0.15) is 39.0 Å². The van der Waals surface area contributed by atoms with Gasteiger partial charge >= 0.3 is 0 Å². The molecule has 0 spiro atoms. The standard InChI is InChI=1S/C43H43N5O6/c1-3-22-46-28-41(53)47-37(23-30-12-17-33(49)18-13-30)43(54)45(27-39(47)48(46)40(52)21-16-29-8-5-4-6-9-29)25-32-10-7-11-35-36(26-44(2)42(32)35)38(51)24-31-14-19-34(50)20-15-31/h3-15,17-20,26,37,39,49-50H,1,16,21-25,27-28H2,2H3/t37-,39?/m0/s1. The number of fused-ring (bicyclic) bond motifs is 2. The zero-order valence-corrected chi connectivity index (χ0v) is 30.2. The fourth-order valence-corrected chi connectivity index (χ4v) is 7.77. The predicted octanol–water partition coefficient (Wildman–Crippen LogP) is 5.00. The number of amides is 3. The molecular formula is C43H43N5O6. The van der Waals surface area contributed by atoms with Gasteiger partial charge in [0.15, 0.2) is 5.78 Å². The lowest BCUT2D eigenvalue weighted by molar-refractivity contribution is -0.205. The monoisotopic (exact) mass is 725 g/mol. The van der Waals surface area contributed by atoms with E-state index < -0.39 is 12.2 Å². The van der Waals surface area contributed by atoms with Gasteiger partial charge in [0, 0.05) is 56.5 Å². The number of piperazine rings is 1. The number of hydrogen-bond donors (Lipinski definition) is 2. The Labute approximate surface area is 313 Å². The van der Waals surface area contributed by atoms with Crippen LogP contribution in [0.4, 0.5) is 0 Å². The second-order valence-corrected chi connectivity index (χ2v) is 14.0. The second kappa shape index (κ2) is 15.4. The molecule has 0 radical (unpaired) electrons. The van der Waals surface area contributed by atoms with Crippen molar-refractivity contribution in [2.75, 3.05) is 19.6 Å². The van der Waals surface area contributed by atoms with Crippen LogP contribution in [0.2, 0.25) is 0 Å². The summed E-state index contributed by atoms with van der Waals surface area (Å²) in [5.41, 5.74) is 4.74. The summed E-state index contributed by atoms with van der Waals surface area (Å²) in [5, 5.41) is 23.8. The first-order valence-electron chi connectivity index (χ1n) is 18.1. The number of benzene rings is 4. The third kappa shape index (κ3) is 7.35. The topological polar surface area (TPSA) is 127 Å². The van der Waals surface area contributed by atoms with Gasteiger partial charge in [-0.15, -0.1) is 6.58 Å². The number of carbonyl (C=O) groups excluding carboxylic acids is 4. The Kier molecular flexibility index (Phi) is 10.3. The molecule has 1 unspecified atom stereocenters. The first-order valence-corrected chi connectivity index (χ1v) is 18.1. The molecule has 4 aromatic carbocycles. The lowest BCUT2D eigenvalue weighted by atomic mass is 9.97. The van der Waals surface area contributed by atoms with Crippen LogP contribution in [0.5, 0.6) is 11.5 Å². The first-order chi connectivity index (χ1) is 26.1. The van der Waals surface area contributed by atoms with Crippen molar-refractivity contribution in [3.05, 3.63) is 144 Å². The van der Waals surface area contributed by atoms with Crippen molar-refractivity contribution in [1.82, 2.24) is 24.4 Å². The van der Waals surface area contributed by atoms with Gasteiger partial charge in [-0.3, -0.25) is 19.2 Å². The quantitative estimate of drug-likeness (QED) is 0.137. The summed E-state index contributed by atoms with van der Waals surface area (Å²) in [6.45, 7) is 4.33. The number of phenols is 2. The molecule has 54 heavy (non-hydrogen) atoms. The highest BCUT2D eigenvalue weighted by atomic mass is 16.3.